The molecule has 0 atom stereocenters. The zero-order chi connectivity index (χ0) is 11.5. The molecule has 1 heterocycles. The Morgan fingerprint density at radius 1 is 1.35 bits per heavy atom. The molecule has 1 N–H and O–H groups in total. The van der Waals surface area contributed by atoms with Gasteiger partial charge in [0.15, 0.2) is 0 Å². The Hall–Kier alpha value is -1.66. The van der Waals surface area contributed by atoms with E-state index in [4.69, 9.17) is 0 Å². The van der Waals surface area contributed by atoms with E-state index in [-0.39, 0.29) is 18.1 Å². The molecule has 0 saturated heterocycles. The number of nitrogens with zero attached hydrogens (tertiary/aromatic N) is 2. The highest BCUT2D eigenvalue weighted by molar-refractivity contribution is 7.18. The van der Waals surface area contributed by atoms with Gasteiger partial charge in [0.25, 0.3) is 5.69 Å². The maximum atomic E-state index is 10.5. The number of halogens is 1. The fourth-order valence-corrected chi connectivity index (χ4v) is 2.02. The monoisotopic (exact) mass is 271 g/mol. The molecule has 5 nitrogen and oxygen atoms in total. The number of nitrogens with one attached hydrogen (secondary N) is 1. The fourth-order valence-electron chi connectivity index (χ4n) is 1.25. The second-order valence-corrected chi connectivity index (χ2v) is 4.11. The summed E-state index contributed by atoms with van der Waals surface area (Å²) in [6.45, 7) is 0. The van der Waals surface area contributed by atoms with Crippen molar-refractivity contribution in [3.63, 3.8) is 0 Å². The lowest BCUT2D eigenvalue weighted by Crippen LogP contribution is -1.86. The van der Waals surface area contributed by atoms with Crippen molar-refractivity contribution >= 4 is 34.4 Å². The molecule has 0 fully saturated rings. The largest absolute Gasteiger partial charge is 0.379 e. The molecule has 2 rings (SSSR count). The van der Waals surface area contributed by atoms with Gasteiger partial charge in [-0.2, -0.15) is 0 Å². The molecule has 0 radical (unpaired) electrons. The van der Waals surface area contributed by atoms with Crippen molar-refractivity contribution in [2.24, 2.45) is 0 Å². The molecule has 1 aromatic carbocycles. The van der Waals surface area contributed by atoms with Crippen LogP contribution < -0.4 is 5.32 Å². The first-order chi connectivity index (χ1) is 7.70. The van der Waals surface area contributed by atoms with Crippen LogP contribution >= 0.6 is 23.7 Å². The van der Waals surface area contributed by atoms with Gasteiger partial charge in [-0.15, -0.1) is 12.4 Å². The topological polar surface area (TPSA) is 68.1 Å². The summed E-state index contributed by atoms with van der Waals surface area (Å²) in [5.41, 5.74) is 0.978. The third-order valence-corrected chi connectivity index (χ3v) is 3.14. The summed E-state index contributed by atoms with van der Waals surface area (Å²) in [7, 11) is 1.83. The van der Waals surface area contributed by atoms with Gasteiger partial charge in [0, 0.05) is 24.7 Å². The van der Waals surface area contributed by atoms with E-state index in [0.717, 1.165) is 15.6 Å². The van der Waals surface area contributed by atoms with E-state index in [1.165, 1.54) is 23.5 Å². The lowest BCUT2D eigenvalue weighted by Gasteiger charge is -1.95. The van der Waals surface area contributed by atoms with Crippen LogP contribution in [-0.4, -0.2) is 17.0 Å². The zero-order valence-electron chi connectivity index (χ0n) is 8.91. The average molecular weight is 272 g/mol. The van der Waals surface area contributed by atoms with Crippen LogP contribution in [0.3, 0.4) is 0 Å². The van der Waals surface area contributed by atoms with E-state index in [1.807, 2.05) is 7.05 Å². The highest BCUT2D eigenvalue weighted by Crippen LogP contribution is 2.29. The summed E-state index contributed by atoms with van der Waals surface area (Å²) < 4.78 is 0. The van der Waals surface area contributed by atoms with Gasteiger partial charge in [0.2, 0.25) is 0 Å². The van der Waals surface area contributed by atoms with Gasteiger partial charge in [-0.05, 0) is 12.1 Å². The number of nitro groups is 1. The fraction of sp³-hybridized carbons (Fsp3) is 0.100. The lowest BCUT2D eigenvalue weighted by atomic mass is 10.2. The number of non-ortho nitro benzene ring substituents is 1. The summed E-state index contributed by atoms with van der Waals surface area (Å²) in [4.78, 5) is 14.3. The van der Waals surface area contributed by atoms with Crippen molar-refractivity contribution < 1.29 is 4.92 Å². The molecule has 0 unspecified atom stereocenters. The van der Waals surface area contributed by atoms with Crippen LogP contribution in [0.1, 0.15) is 0 Å². The van der Waals surface area contributed by atoms with Gasteiger partial charge in [-0.1, -0.05) is 11.3 Å². The molecule has 0 amide bonds. The molecule has 7 heteroatoms. The summed E-state index contributed by atoms with van der Waals surface area (Å²) in [6, 6.07) is 6.37. The third-order valence-electron chi connectivity index (χ3n) is 2.08. The Kier molecular flexibility index (Phi) is 4.42. The molecule has 0 bridgehead atoms. The maximum absolute atomic E-state index is 10.5. The van der Waals surface area contributed by atoms with E-state index >= 15 is 0 Å². The van der Waals surface area contributed by atoms with Crippen molar-refractivity contribution in [1.29, 1.82) is 0 Å². The number of anilines is 1. The van der Waals surface area contributed by atoms with Crippen LogP contribution in [-0.2, 0) is 0 Å². The van der Waals surface area contributed by atoms with Crippen LogP contribution in [0.2, 0.25) is 0 Å². The lowest BCUT2D eigenvalue weighted by molar-refractivity contribution is -0.384. The van der Waals surface area contributed by atoms with Gasteiger partial charge in [0.05, 0.1) is 11.1 Å². The second-order valence-electron chi connectivity index (χ2n) is 3.08. The van der Waals surface area contributed by atoms with Crippen molar-refractivity contribution in [3.05, 3.63) is 40.6 Å². The average Bonchev–Trinajstić information content (AvgIpc) is 2.77. The van der Waals surface area contributed by atoms with Crippen LogP contribution in [0.5, 0.6) is 0 Å². The van der Waals surface area contributed by atoms with Crippen LogP contribution in [0.25, 0.3) is 10.6 Å². The Balaban J connectivity index is 0.00000144. The van der Waals surface area contributed by atoms with E-state index in [1.54, 1.807) is 18.3 Å². The molecular weight excluding hydrogens is 262 g/mol. The number of benzene rings is 1. The summed E-state index contributed by atoms with van der Waals surface area (Å²) in [5.74, 6) is 0. The first kappa shape index (κ1) is 13.4. The SMILES string of the molecule is CNc1cnc(-c2ccc([N+](=O)[O-])cc2)s1.Cl. The highest BCUT2D eigenvalue weighted by Gasteiger charge is 2.07. The normalized spacial score (nSPS) is 9.47. The molecule has 1 aromatic heterocycles. The molecular formula is C10H10ClN3O2S. The first-order valence-electron chi connectivity index (χ1n) is 4.59. The zero-order valence-corrected chi connectivity index (χ0v) is 10.5. The molecule has 90 valence electrons. The summed E-state index contributed by atoms with van der Waals surface area (Å²) in [5, 5.41) is 15.3. The van der Waals surface area contributed by atoms with Crippen molar-refractivity contribution in [2.45, 2.75) is 0 Å². The molecule has 2 aromatic rings. The van der Waals surface area contributed by atoms with E-state index < -0.39 is 4.92 Å². The van der Waals surface area contributed by atoms with Gasteiger partial charge in [-0.25, -0.2) is 4.98 Å². The van der Waals surface area contributed by atoms with Crippen molar-refractivity contribution in [3.8, 4) is 10.6 Å². The predicted molar refractivity (Wildman–Crippen MR) is 71.0 cm³/mol. The number of aromatic nitrogens is 1. The highest BCUT2D eigenvalue weighted by atomic mass is 35.5. The first-order valence-corrected chi connectivity index (χ1v) is 5.41. The van der Waals surface area contributed by atoms with E-state index in [0.29, 0.717) is 0 Å². The smallest absolute Gasteiger partial charge is 0.269 e. The molecule has 0 spiro atoms. The summed E-state index contributed by atoms with van der Waals surface area (Å²) >= 11 is 1.51. The van der Waals surface area contributed by atoms with Crippen LogP contribution in [0.4, 0.5) is 10.7 Å². The number of rotatable bonds is 3. The minimum Gasteiger partial charge on any atom is -0.379 e. The van der Waals surface area contributed by atoms with E-state index in [9.17, 15) is 10.1 Å². The molecule has 0 saturated carbocycles. The minimum atomic E-state index is -0.412. The van der Waals surface area contributed by atoms with Crippen LogP contribution in [0, 0.1) is 10.1 Å². The third kappa shape index (κ3) is 2.92. The number of hydrogen-bond donors (Lipinski definition) is 1. The Bertz CT molecular complexity index is 513. The molecule has 17 heavy (non-hydrogen) atoms. The van der Waals surface area contributed by atoms with Crippen LogP contribution in [0.15, 0.2) is 30.5 Å². The summed E-state index contributed by atoms with van der Waals surface area (Å²) in [6.07, 6.45) is 1.74. The Morgan fingerprint density at radius 3 is 2.47 bits per heavy atom. The van der Waals surface area contributed by atoms with Crippen molar-refractivity contribution in [1.82, 2.24) is 4.98 Å². The Labute approximate surface area is 108 Å². The van der Waals surface area contributed by atoms with Gasteiger partial charge < -0.3 is 5.32 Å². The van der Waals surface area contributed by atoms with Gasteiger partial charge in [0.1, 0.15) is 10.0 Å². The molecule has 0 aliphatic heterocycles. The van der Waals surface area contributed by atoms with Crippen molar-refractivity contribution in [2.75, 3.05) is 12.4 Å². The minimum absolute atomic E-state index is 0. The molecule has 0 aliphatic carbocycles. The van der Waals surface area contributed by atoms with E-state index in [2.05, 4.69) is 10.3 Å². The number of hydrogen-bond acceptors (Lipinski definition) is 5. The van der Waals surface area contributed by atoms with Gasteiger partial charge >= 0.3 is 0 Å². The second kappa shape index (κ2) is 5.60. The maximum Gasteiger partial charge on any atom is 0.269 e. The standard InChI is InChI=1S/C10H9N3O2S.ClH/c1-11-9-6-12-10(16-9)7-2-4-8(5-3-7)13(14)15;/h2-6,11H,1H3;1H. The van der Waals surface area contributed by atoms with Gasteiger partial charge in [-0.3, -0.25) is 10.1 Å². The Morgan fingerprint density at radius 2 is 2.00 bits per heavy atom. The molecule has 0 aliphatic rings. The predicted octanol–water partition coefficient (Wildman–Crippen LogP) is 3.18. The number of nitro benzene ring substituents is 1. The quantitative estimate of drug-likeness (QED) is 0.688. The number of thiazole rings is 1.